The Bertz CT molecular complexity index is 2590. The first-order valence-electron chi connectivity index (χ1n) is 17.5. The molecule has 240 valence electrons. The lowest BCUT2D eigenvalue weighted by Gasteiger charge is -2.27. The lowest BCUT2D eigenvalue weighted by Crippen LogP contribution is -2.10. The summed E-state index contributed by atoms with van der Waals surface area (Å²) in [6, 6.07) is 76.6. The molecular formula is C50H35N. The summed E-state index contributed by atoms with van der Waals surface area (Å²) >= 11 is 0. The summed E-state index contributed by atoms with van der Waals surface area (Å²) in [4.78, 5) is 2.37. The minimum absolute atomic E-state index is 1.10. The summed E-state index contributed by atoms with van der Waals surface area (Å²) in [5, 5.41) is 5.08. The fraction of sp³-hybridized carbons (Fsp3) is 0. The predicted octanol–water partition coefficient (Wildman–Crippen LogP) is 14.1. The molecule has 0 aromatic heterocycles. The molecule has 0 fully saturated rings. The van der Waals surface area contributed by atoms with Gasteiger partial charge in [-0.1, -0.05) is 170 Å². The van der Waals surface area contributed by atoms with Crippen LogP contribution in [0.25, 0.3) is 66.1 Å². The third-order valence-corrected chi connectivity index (χ3v) is 9.87. The largest absolute Gasteiger partial charge is 0.310 e. The maximum atomic E-state index is 2.37. The average Bonchev–Trinajstić information content (AvgIpc) is 3.22. The van der Waals surface area contributed by atoms with Crippen LogP contribution >= 0.6 is 0 Å². The van der Waals surface area contributed by atoms with Gasteiger partial charge in [0.2, 0.25) is 0 Å². The molecule has 0 bridgehead atoms. The van der Waals surface area contributed by atoms with Crippen LogP contribution < -0.4 is 4.90 Å². The number of rotatable bonds is 7. The smallest absolute Gasteiger partial charge is 0.0468 e. The van der Waals surface area contributed by atoms with Gasteiger partial charge in [-0.3, -0.25) is 0 Å². The molecule has 0 aliphatic carbocycles. The number of hydrogen-bond donors (Lipinski definition) is 0. The number of benzene rings is 9. The van der Waals surface area contributed by atoms with Gasteiger partial charge in [-0.05, 0) is 109 Å². The van der Waals surface area contributed by atoms with Gasteiger partial charge in [0.15, 0.2) is 0 Å². The van der Waals surface area contributed by atoms with E-state index in [0.717, 1.165) is 17.1 Å². The molecule has 9 aromatic carbocycles. The van der Waals surface area contributed by atoms with E-state index in [2.05, 4.69) is 217 Å². The van der Waals surface area contributed by atoms with Crippen molar-refractivity contribution in [1.29, 1.82) is 0 Å². The van der Waals surface area contributed by atoms with Crippen LogP contribution in [0.5, 0.6) is 0 Å². The van der Waals surface area contributed by atoms with Crippen LogP contribution in [0.15, 0.2) is 212 Å². The third-order valence-electron chi connectivity index (χ3n) is 9.87. The van der Waals surface area contributed by atoms with E-state index in [-0.39, 0.29) is 0 Å². The summed E-state index contributed by atoms with van der Waals surface area (Å²) < 4.78 is 0. The van der Waals surface area contributed by atoms with Gasteiger partial charge >= 0.3 is 0 Å². The summed E-state index contributed by atoms with van der Waals surface area (Å²) in [6.45, 7) is 0. The van der Waals surface area contributed by atoms with E-state index in [1.807, 2.05) is 0 Å². The summed E-state index contributed by atoms with van der Waals surface area (Å²) in [5.41, 5.74) is 13.0. The molecule has 0 aliphatic rings. The number of nitrogens with zero attached hydrogens (tertiary/aromatic N) is 1. The minimum Gasteiger partial charge on any atom is -0.310 e. The Kier molecular flexibility index (Phi) is 7.92. The zero-order valence-electron chi connectivity index (χ0n) is 28.2. The van der Waals surface area contributed by atoms with Crippen molar-refractivity contribution in [1.82, 2.24) is 0 Å². The monoisotopic (exact) mass is 649 g/mol. The van der Waals surface area contributed by atoms with Crippen LogP contribution in [0, 0.1) is 0 Å². The highest BCUT2D eigenvalue weighted by Crippen LogP contribution is 2.42. The van der Waals surface area contributed by atoms with Crippen LogP contribution in [0.3, 0.4) is 0 Å². The van der Waals surface area contributed by atoms with E-state index in [9.17, 15) is 0 Å². The maximum absolute atomic E-state index is 2.37. The lowest BCUT2D eigenvalue weighted by atomic mass is 9.93. The molecular weight excluding hydrogens is 615 g/mol. The summed E-state index contributed by atoms with van der Waals surface area (Å²) in [7, 11) is 0. The van der Waals surface area contributed by atoms with Crippen molar-refractivity contribution >= 4 is 38.6 Å². The maximum Gasteiger partial charge on any atom is 0.0468 e. The topological polar surface area (TPSA) is 3.24 Å². The first-order valence-corrected chi connectivity index (χ1v) is 17.5. The Morgan fingerprint density at radius 2 is 0.667 bits per heavy atom. The van der Waals surface area contributed by atoms with Gasteiger partial charge < -0.3 is 4.90 Å². The first kappa shape index (κ1) is 30.4. The number of fused-ring (bicyclic) bond motifs is 3. The molecule has 0 radical (unpaired) electrons. The van der Waals surface area contributed by atoms with E-state index in [0.29, 0.717) is 0 Å². The Labute approximate surface area is 299 Å². The predicted molar refractivity (Wildman–Crippen MR) is 218 cm³/mol. The molecule has 0 atom stereocenters. The molecule has 9 rings (SSSR count). The second-order valence-corrected chi connectivity index (χ2v) is 12.9. The van der Waals surface area contributed by atoms with Gasteiger partial charge in [0.05, 0.1) is 0 Å². The molecule has 51 heavy (non-hydrogen) atoms. The van der Waals surface area contributed by atoms with Gasteiger partial charge in [-0.25, -0.2) is 0 Å². The molecule has 0 spiro atoms. The Hall–Kier alpha value is -6.70. The molecule has 1 heteroatoms. The highest BCUT2D eigenvalue weighted by atomic mass is 15.1. The Morgan fingerprint density at radius 3 is 1.29 bits per heavy atom. The second kappa shape index (κ2) is 13.3. The summed E-state index contributed by atoms with van der Waals surface area (Å²) in [5.74, 6) is 0. The standard InChI is InChI=1S/C50H35N/c1-4-14-36(15-5-1)37-24-28-42(29-25-37)51(44-32-33-46(38-16-6-2-7-17-38)50(35-44)39-18-8-3-9-19-39)43-30-26-40(27-31-43)49-34-41-20-10-11-21-45(41)47-22-12-13-23-48(47)49/h1-35H. The summed E-state index contributed by atoms with van der Waals surface area (Å²) in [6.07, 6.45) is 0. The minimum atomic E-state index is 1.10. The molecule has 0 amide bonds. The molecule has 0 aliphatic heterocycles. The fourth-order valence-electron chi connectivity index (χ4n) is 7.36. The quantitative estimate of drug-likeness (QED) is 0.155. The number of anilines is 3. The van der Waals surface area contributed by atoms with Crippen LogP contribution in [0.1, 0.15) is 0 Å². The molecule has 0 heterocycles. The van der Waals surface area contributed by atoms with Crippen molar-refractivity contribution < 1.29 is 0 Å². The third kappa shape index (κ3) is 5.86. The van der Waals surface area contributed by atoms with Crippen molar-refractivity contribution in [3.8, 4) is 44.5 Å². The van der Waals surface area contributed by atoms with Crippen molar-refractivity contribution in [2.24, 2.45) is 0 Å². The highest BCUT2D eigenvalue weighted by molar-refractivity contribution is 6.13. The van der Waals surface area contributed by atoms with E-state index in [4.69, 9.17) is 0 Å². The normalized spacial score (nSPS) is 11.1. The molecule has 9 aromatic rings. The van der Waals surface area contributed by atoms with Crippen molar-refractivity contribution in [2.45, 2.75) is 0 Å². The van der Waals surface area contributed by atoms with Gasteiger partial charge in [0.25, 0.3) is 0 Å². The molecule has 0 saturated carbocycles. The Balaban J connectivity index is 1.19. The van der Waals surface area contributed by atoms with Crippen LogP contribution in [-0.2, 0) is 0 Å². The fourth-order valence-corrected chi connectivity index (χ4v) is 7.36. The van der Waals surface area contributed by atoms with Gasteiger partial charge in [-0.2, -0.15) is 0 Å². The van der Waals surface area contributed by atoms with E-state index in [1.165, 1.54) is 66.1 Å². The van der Waals surface area contributed by atoms with Crippen LogP contribution in [0.4, 0.5) is 17.1 Å². The van der Waals surface area contributed by atoms with Crippen LogP contribution in [-0.4, -0.2) is 0 Å². The SMILES string of the molecule is c1ccc(-c2ccc(N(c3ccc(-c4cc5ccccc5c5ccccc45)cc3)c3ccc(-c4ccccc4)c(-c4ccccc4)c3)cc2)cc1. The van der Waals surface area contributed by atoms with E-state index in [1.54, 1.807) is 0 Å². The lowest BCUT2D eigenvalue weighted by molar-refractivity contribution is 1.28. The van der Waals surface area contributed by atoms with Gasteiger partial charge in [-0.15, -0.1) is 0 Å². The van der Waals surface area contributed by atoms with E-state index < -0.39 is 0 Å². The van der Waals surface area contributed by atoms with Crippen molar-refractivity contribution in [3.05, 3.63) is 212 Å². The Morgan fingerprint density at radius 1 is 0.235 bits per heavy atom. The average molecular weight is 650 g/mol. The molecule has 1 nitrogen and oxygen atoms in total. The number of hydrogen-bond acceptors (Lipinski definition) is 1. The molecule has 0 saturated heterocycles. The zero-order valence-corrected chi connectivity index (χ0v) is 28.2. The highest BCUT2D eigenvalue weighted by Gasteiger charge is 2.17. The molecule has 0 unspecified atom stereocenters. The van der Waals surface area contributed by atoms with E-state index >= 15 is 0 Å². The van der Waals surface area contributed by atoms with Gasteiger partial charge in [0, 0.05) is 17.1 Å². The van der Waals surface area contributed by atoms with Crippen molar-refractivity contribution in [3.63, 3.8) is 0 Å². The first-order chi connectivity index (χ1) is 25.3. The molecule has 0 N–H and O–H groups in total. The second-order valence-electron chi connectivity index (χ2n) is 12.9. The van der Waals surface area contributed by atoms with Crippen molar-refractivity contribution in [2.75, 3.05) is 4.90 Å². The van der Waals surface area contributed by atoms with Gasteiger partial charge in [0.1, 0.15) is 0 Å². The zero-order chi connectivity index (χ0) is 34.0. The van der Waals surface area contributed by atoms with Crippen LogP contribution in [0.2, 0.25) is 0 Å².